The molecule has 0 unspecified atom stereocenters. The van der Waals surface area contributed by atoms with Gasteiger partial charge in [-0.05, 0) is 25.3 Å². The van der Waals surface area contributed by atoms with Crippen molar-refractivity contribution in [2.75, 3.05) is 0 Å². The molecule has 0 atom stereocenters. The lowest BCUT2D eigenvalue weighted by Gasteiger charge is -1.80. The van der Waals surface area contributed by atoms with Crippen molar-refractivity contribution in [1.29, 1.82) is 0 Å². The van der Waals surface area contributed by atoms with Gasteiger partial charge in [0.2, 0.25) is 0 Å². The molecular formula is C9H11. The van der Waals surface area contributed by atoms with Gasteiger partial charge in [-0.25, -0.2) is 0 Å². The molecule has 0 bridgehead atoms. The molecule has 0 saturated carbocycles. The van der Waals surface area contributed by atoms with Gasteiger partial charge in [0.05, 0.1) is 0 Å². The van der Waals surface area contributed by atoms with Crippen LogP contribution >= 0.6 is 0 Å². The maximum absolute atomic E-state index is 3.16. The van der Waals surface area contributed by atoms with Crippen LogP contribution < -0.4 is 0 Å². The topological polar surface area (TPSA) is 0 Å². The summed E-state index contributed by atoms with van der Waals surface area (Å²) in [7, 11) is 0. The molecule has 0 saturated heterocycles. The van der Waals surface area contributed by atoms with E-state index >= 15 is 0 Å². The first kappa shape index (κ1) is 6.34. The highest BCUT2D eigenvalue weighted by molar-refractivity contribution is 5.04. The van der Waals surface area contributed by atoms with Crippen molar-refractivity contribution in [2.45, 2.75) is 19.3 Å². The summed E-state index contributed by atoms with van der Waals surface area (Å²) in [6.07, 6.45) is 17.0. The van der Waals surface area contributed by atoms with E-state index in [1.165, 1.54) is 0 Å². The minimum absolute atomic E-state index is 1.06. The molecule has 0 aromatic heterocycles. The van der Waals surface area contributed by atoms with Crippen molar-refractivity contribution in [3.05, 3.63) is 36.5 Å². The van der Waals surface area contributed by atoms with E-state index in [1.807, 2.05) is 6.08 Å². The minimum atomic E-state index is 1.06. The fourth-order valence-corrected chi connectivity index (χ4v) is 0.757. The van der Waals surface area contributed by atoms with Gasteiger partial charge in [-0.2, -0.15) is 0 Å². The Bertz CT molecular complexity index is 138. The number of hydrogen-bond acceptors (Lipinski definition) is 0. The molecule has 0 aromatic rings. The van der Waals surface area contributed by atoms with Crippen molar-refractivity contribution < 1.29 is 0 Å². The maximum Gasteiger partial charge on any atom is -0.0166 e. The van der Waals surface area contributed by atoms with Crippen LogP contribution in [0.5, 0.6) is 0 Å². The van der Waals surface area contributed by atoms with E-state index in [9.17, 15) is 0 Å². The molecular weight excluding hydrogens is 108 g/mol. The zero-order valence-electron chi connectivity index (χ0n) is 5.51. The molecule has 47 valence electrons. The number of allylic oxidation sites excluding steroid dienone is 6. The van der Waals surface area contributed by atoms with E-state index in [1.54, 1.807) is 0 Å². The average molecular weight is 119 g/mol. The van der Waals surface area contributed by atoms with E-state index in [2.05, 4.69) is 30.4 Å². The monoisotopic (exact) mass is 119 g/mol. The van der Waals surface area contributed by atoms with Crippen LogP contribution in [-0.2, 0) is 0 Å². The van der Waals surface area contributed by atoms with Crippen LogP contribution in [0.2, 0.25) is 0 Å². The second kappa shape index (κ2) is 4.13. The molecule has 9 heavy (non-hydrogen) atoms. The van der Waals surface area contributed by atoms with E-state index < -0.39 is 0 Å². The van der Waals surface area contributed by atoms with Gasteiger partial charge in [-0.3, -0.25) is 0 Å². The maximum atomic E-state index is 3.16. The summed E-state index contributed by atoms with van der Waals surface area (Å²) in [4.78, 5) is 0. The predicted octanol–water partition coefficient (Wildman–Crippen LogP) is 2.64. The van der Waals surface area contributed by atoms with Crippen LogP contribution in [0.3, 0.4) is 0 Å². The van der Waals surface area contributed by atoms with Crippen molar-refractivity contribution in [1.82, 2.24) is 0 Å². The Balaban J connectivity index is 2.43. The van der Waals surface area contributed by atoms with Crippen molar-refractivity contribution in [3.63, 3.8) is 0 Å². The average Bonchev–Trinajstić information content (AvgIpc) is 2.00. The Morgan fingerprint density at radius 3 is 3.11 bits per heavy atom. The molecule has 0 aliphatic heterocycles. The molecule has 0 aromatic carbocycles. The second-order valence-electron chi connectivity index (χ2n) is 2.04. The van der Waals surface area contributed by atoms with Gasteiger partial charge in [-0.1, -0.05) is 30.4 Å². The van der Waals surface area contributed by atoms with Gasteiger partial charge in [-0.15, -0.1) is 0 Å². The Hall–Kier alpha value is -0.780. The number of rotatable bonds is 0. The molecule has 1 aliphatic carbocycles. The smallest absolute Gasteiger partial charge is 0.0166 e. The van der Waals surface area contributed by atoms with Gasteiger partial charge in [0.25, 0.3) is 0 Å². The quantitative estimate of drug-likeness (QED) is 0.430. The third-order valence-electron chi connectivity index (χ3n) is 1.24. The lowest BCUT2D eigenvalue weighted by molar-refractivity contribution is 1.02. The van der Waals surface area contributed by atoms with Crippen LogP contribution in [0.15, 0.2) is 30.4 Å². The minimum Gasteiger partial charge on any atom is -0.0879 e. The molecule has 0 fully saturated rings. The van der Waals surface area contributed by atoms with E-state index in [-0.39, 0.29) is 0 Å². The third kappa shape index (κ3) is 2.91. The number of hydrogen-bond donors (Lipinski definition) is 0. The first-order valence-electron chi connectivity index (χ1n) is 3.37. The molecule has 1 aliphatic rings. The predicted molar refractivity (Wildman–Crippen MR) is 39.9 cm³/mol. The fraction of sp³-hybridized carbons (Fsp3) is 0.333. The largest absolute Gasteiger partial charge is 0.0879 e. The normalized spacial score (nSPS) is 29.3. The molecule has 0 N–H and O–H groups in total. The van der Waals surface area contributed by atoms with Gasteiger partial charge in [0.1, 0.15) is 0 Å². The highest BCUT2D eigenvalue weighted by Crippen LogP contribution is 1.97. The lowest BCUT2D eigenvalue weighted by Crippen LogP contribution is -1.62. The SMILES string of the molecule is [C]1=C\C=C/C/C=C\CC/1. The van der Waals surface area contributed by atoms with E-state index in [0.717, 1.165) is 19.3 Å². The first-order valence-corrected chi connectivity index (χ1v) is 3.37. The Morgan fingerprint density at radius 2 is 2.11 bits per heavy atom. The first-order chi connectivity index (χ1) is 4.50. The highest BCUT2D eigenvalue weighted by Gasteiger charge is 1.78. The highest BCUT2D eigenvalue weighted by atomic mass is 13.8. The Kier molecular flexibility index (Phi) is 2.91. The van der Waals surface area contributed by atoms with Gasteiger partial charge in [0.15, 0.2) is 0 Å². The zero-order chi connectivity index (χ0) is 6.36. The third-order valence-corrected chi connectivity index (χ3v) is 1.24. The van der Waals surface area contributed by atoms with Crippen molar-refractivity contribution in [3.8, 4) is 0 Å². The van der Waals surface area contributed by atoms with Crippen molar-refractivity contribution >= 4 is 0 Å². The molecule has 0 heterocycles. The van der Waals surface area contributed by atoms with Crippen molar-refractivity contribution in [2.24, 2.45) is 0 Å². The second-order valence-corrected chi connectivity index (χ2v) is 2.04. The van der Waals surface area contributed by atoms with Crippen LogP contribution in [0.4, 0.5) is 0 Å². The van der Waals surface area contributed by atoms with Gasteiger partial charge in [0, 0.05) is 0 Å². The lowest BCUT2D eigenvalue weighted by atomic mass is 10.3. The summed E-state index contributed by atoms with van der Waals surface area (Å²) in [6.45, 7) is 0. The van der Waals surface area contributed by atoms with Gasteiger partial charge < -0.3 is 0 Å². The Labute approximate surface area is 56.6 Å². The summed E-state index contributed by atoms with van der Waals surface area (Å²) < 4.78 is 0. The summed E-state index contributed by atoms with van der Waals surface area (Å²) in [6, 6.07) is 0. The molecule has 1 radical (unpaired) electrons. The molecule has 0 heteroatoms. The van der Waals surface area contributed by atoms with Crippen LogP contribution in [0, 0.1) is 6.08 Å². The summed E-state index contributed by atoms with van der Waals surface area (Å²) >= 11 is 0. The Morgan fingerprint density at radius 1 is 1.11 bits per heavy atom. The zero-order valence-corrected chi connectivity index (χ0v) is 5.51. The summed E-state index contributed by atoms with van der Waals surface area (Å²) in [5.41, 5.74) is 0. The standard InChI is InChI=1S/C9H11/c1-2-4-6-8-9-7-5-3-1/h1-3,6,8H,4,7,9H2/b2-1-,5-3?,8-6-. The molecule has 0 amide bonds. The summed E-state index contributed by atoms with van der Waals surface area (Å²) in [5.74, 6) is 0. The molecule has 1 rings (SSSR count). The van der Waals surface area contributed by atoms with Crippen LogP contribution in [-0.4, -0.2) is 0 Å². The molecule has 0 nitrogen and oxygen atoms in total. The van der Waals surface area contributed by atoms with Crippen LogP contribution in [0.1, 0.15) is 19.3 Å². The fourth-order valence-electron chi connectivity index (χ4n) is 0.757. The summed E-state index contributed by atoms with van der Waals surface area (Å²) in [5, 5.41) is 0. The van der Waals surface area contributed by atoms with Crippen LogP contribution in [0.25, 0.3) is 0 Å². The molecule has 0 spiro atoms. The van der Waals surface area contributed by atoms with E-state index in [0.29, 0.717) is 0 Å². The van der Waals surface area contributed by atoms with E-state index in [4.69, 9.17) is 0 Å². The van der Waals surface area contributed by atoms with Gasteiger partial charge >= 0.3 is 0 Å².